The fraction of sp³-hybridized carbons (Fsp3) is 0.125. The van der Waals surface area contributed by atoms with Crippen LogP contribution in [0.25, 0.3) is 5.95 Å². The van der Waals surface area contributed by atoms with Gasteiger partial charge in [-0.05, 0) is 18.2 Å². The molecule has 0 aliphatic carbocycles. The monoisotopic (exact) mass is 325 g/mol. The topological polar surface area (TPSA) is 91.2 Å². The van der Waals surface area contributed by atoms with Crippen molar-refractivity contribution in [3.05, 3.63) is 54.6 Å². The van der Waals surface area contributed by atoms with Crippen LogP contribution in [0.1, 0.15) is 10.4 Å². The smallest absolute Gasteiger partial charge is 0.259 e. The minimum absolute atomic E-state index is 0.346. The van der Waals surface area contributed by atoms with Gasteiger partial charge < -0.3 is 14.8 Å². The number of ether oxygens (including phenoxy) is 2. The predicted octanol–water partition coefficient (Wildman–Crippen LogP) is 1.93. The third kappa shape index (κ3) is 3.02. The van der Waals surface area contributed by atoms with Crippen LogP contribution in [0.15, 0.2) is 49.1 Å². The molecule has 0 radical (unpaired) electrons. The molecular weight excluding hydrogens is 310 g/mol. The lowest BCUT2D eigenvalue weighted by Gasteiger charge is -2.12. The number of hydrogen-bond donors (Lipinski definition) is 1. The number of carbonyl (C=O) groups is 1. The normalized spacial score (nSPS) is 10.2. The number of nitrogens with zero attached hydrogens (tertiary/aromatic N) is 4. The highest BCUT2D eigenvalue weighted by Crippen LogP contribution is 2.31. The van der Waals surface area contributed by atoms with E-state index in [2.05, 4.69) is 20.4 Å². The zero-order valence-electron chi connectivity index (χ0n) is 13.1. The summed E-state index contributed by atoms with van der Waals surface area (Å²) in [7, 11) is 3.00. The summed E-state index contributed by atoms with van der Waals surface area (Å²) in [6.45, 7) is 0. The predicted molar refractivity (Wildman–Crippen MR) is 86.7 cm³/mol. The fourth-order valence-electron chi connectivity index (χ4n) is 2.16. The first-order valence-electron chi connectivity index (χ1n) is 7.07. The first kappa shape index (κ1) is 15.5. The highest BCUT2D eigenvalue weighted by molar-refractivity contribution is 6.06. The maximum absolute atomic E-state index is 12.5. The van der Waals surface area contributed by atoms with Gasteiger partial charge in [0.25, 0.3) is 11.9 Å². The van der Waals surface area contributed by atoms with Crippen molar-refractivity contribution in [2.45, 2.75) is 0 Å². The zero-order chi connectivity index (χ0) is 16.9. The lowest BCUT2D eigenvalue weighted by molar-refractivity contribution is 0.102. The second-order valence-corrected chi connectivity index (χ2v) is 4.72. The lowest BCUT2D eigenvalue weighted by atomic mass is 10.1. The highest BCUT2D eigenvalue weighted by Gasteiger charge is 2.16. The van der Waals surface area contributed by atoms with Gasteiger partial charge in [-0.15, -0.1) is 0 Å². The van der Waals surface area contributed by atoms with Crippen LogP contribution < -0.4 is 14.8 Å². The van der Waals surface area contributed by atoms with Crippen molar-refractivity contribution in [2.75, 3.05) is 19.5 Å². The molecule has 8 nitrogen and oxygen atoms in total. The van der Waals surface area contributed by atoms with Crippen LogP contribution in [0.5, 0.6) is 11.5 Å². The van der Waals surface area contributed by atoms with E-state index in [1.807, 2.05) is 0 Å². The molecule has 0 unspecified atom stereocenters. The van der Waals surface area contributed by atoms with E-state index in [9.17, 15) is 4.79 Å². The Balaban J connectivity index is 1.80. The highest BCUT2D eigenvalue weighted by atomic mass is 16.5. The molecule has 122 valence electrons. The van der Waals surface area contributed by atoms with Crippen molar-refractivity contribution in [2.24, 2.45) is 0 Å². The van der Waals surface area contributed by atoms with Gasteiger partial charge in [0.15, 0.2) is 11.5 Å². The molecule has 1 amide bonds. The van der Waals surface area contributed by atoms with Crippen LogP contribution in [-0.4, -0.2) is 39.9 Å². The minimum atomic E-state index is -0.346. The van der Waals surface area contributed by atoms with Crippen LogP contribution in [0, 0.1) is 0 Å². The molecule has 2 aromatic heterocycles. The molecule has 0 bridgehead atoms. The second-order valence-electron chi connectivity index (χ2n) is 4.72. The Bertz CT molecular complexity index is 831. The van der Waals surface area contributed by atoms with Crippen LogP contribution in [0.2, 0.25) is 0 Å². The van der Waals surface area contributed by atoms with Crippen LogP contribution in [0.4, 0.5) is 5.69 Å². The van der Waals surface area contributed by atoms with Gasteiger partial charge in [0.1, 0.15) is 0 Å². The summed E-state index contributed by atoms with van der Waals surface area (Å²) in [6.07, 6.45) is 6.38. The number of para-hydroxylation sites is 1. The van der Waals surface area contributed by atoms with E-state index in [0.717, 1.165) is 0 Å². The van der Waals surface area contributed by atoms with Crippen LogP contribution in [-0.2, 0) is 0 Å². The molecule has 0 fully saturated rings. The van der Waals surface area contributed by atoms with Gasteiger partial charge in [0.2, 0.25) is 0 Å². The number of amides is 1. The van der Waals surface area contributed by atoms with Crippen molar-refractivity contribution < 1.29 is 14.3 Å². The standard InChI is InChI=1S/C16H15N5O3/c1-23-13-6-3-5-12(14(13)24-2)15(22)20-11-9-17-16(18-10-11)21-8-4-7-19-21/h3-10H,1-2H3,(H,20,22). The van der Waals surface area contributed by atoms with E-state index in [4.69, 9.17) is 9.47 Å². The van der Waals surface area contributed by atoms with Gasteiger partial charge >= 0.3 is 0 Å². The van der Waals surface area contributed by atoms with Gasteiger partial charge in [0.05, 0.1) is 37.9 Å². The van der Waals surface area contributed by atoms with Crippen LogP contribution in [0.3, 0.4) is 0 Å². The maximum atomic E-state index is 12.5. The number of benzene rings is 1. The van der Waals surface area contributed by atoms with E-state index >= 15 is 0 Å². The Morgan fingerprint density at radius 2 is 1.92 bits per heavy atom. The van der Waals surface area contributed by atoms with Crippen molar-refractivity contribution in [3.8, 4) is 17.4 Å². The molecule has 0 aliphatic heterocycles. The molecule has 24 heavy (non-hydrogen) atoms. The van der Waals surface area contributed by atoms with E-state index in [-0.39, 0.29) is 5.91 Å². The van der Waals surface area contributed by atoms with E-state index in [0.29, 0.717) is 28.7 Å². The van der Waals surface area contributed by atoms with Gasteiger partial charge in [-0.1, -0.05) is 6.07 Å². The van der Waals surface area contributed by atoms with Crippen molar-refractivity contribution in [3.63, 3.8) is 0 Å². The average molecular weight is 325 g/mol. The minimum Gasteiger partial charge on any atom is -0.493 e. The summed E-state index contributed by atoms with van der Waals surface area (Å²) in [4.78, 5) is 20.8. The molecule has 0 saturated carbocycles. The molecule has 0 spiro atoms. The number of rotatable bonds is 5. The first-order valence-corrected chi connectivity index (χ1v) is 7.07. The number of carbonyl (C=O) groups excluding carboxylic acids is 1. The lowest BCUT2D eigenvalue weighted by Crippen LogP contribution is -2.14. The number of methoxy groups -OCH3 is 2. The zero-order valence-corrected chi connectivity index (χ0v) is 13.1. The average Bonchev–Trinajstić information content (AvgIpc) is 3.16. The van der Waals surface area contributed by atoms with E-state index in [1.165, 1.54) is 31.3 Å². The number of nitrogens with one attached hydrogen (secondary N) is 1. The second kappa shape index (κ2) is 6.78. The number of aromatic nitrogens is 4. The number of hydrogen-bond acceptors (Lipinski definition) is 6. The summed E-state index contributed by atoms with van der Waals surface area (Å²) in [5, 5.41) is 6.77. The molecule has 3 rings (SSSR count). The fourth-order valence-corrected chi connectivity index (χ4v) is 2.16. The molecule has 2 heterocycles. The Hall–Kier alpha value is -3.42. The summed E-state index contributed by atoms with van der Waals surface area (Å²) in [5.41, 5.74) is 0.814. The van der Waals surface area contributed by atoms with Crippen LogP contribution >= 0.6 is 0 Å². The third-order valence-corrected chi connectivity index (χ3v) is 3.25. The Labute approximate surface area is 138 Å². The molecule has 1 aromatic carbocycles. The summed E-state index contributed by atoms with van der Waals surface area (Å²) < 4.78 is 12.0. The maximum Gasteiger partial charge on any atom is 0.259 e. The Kier molecular flexibility index (Phi) is 4.37. The van der Waals surface area contributed by atoms with Gasteiger partial charge in [0, 0.05) is 12.4 Å². The SMILES string of the molecule is COc1cccc(C(=O)Nc2cnc(-n3cccn3)nc2)c1OC. The summed E-state index contributed by atoms with van der Waals surface area (Å²) in [6, 6.07) is 6.86. The third-order valence-electron chi connectivity index (χ3n) is 3.25. The molecule has 8 heteroatoms. The van der Waals surface area contributed by atoms with Gasteiger partial charge in [-0.3, -0.25) is 4.79 Å². The molecule has 0 atom stereocenters. The van der Waals surface area contributed by atoms with Gasteiger partial charge in [-0.2, -0.15) is 5.10 Å². The molecule has 3 aromatic rings. The van der Waals surface area contributed by atoms with Crippen molar-refractivity contribution in [1.29, 1.82) is 0 Å². The molecule has 1 N–H and O–H groups in total. The van der Waals surface area contributed by atoms with E-state index in [1.54, 1.807) is 36.7 Å². The quantitative estimate of drug-likeness (QED) is 0.771. The number of anilines is 1. The summed E-state index contributed by atoms with van der Waals surface area (Å²) in [5.74, 6) is 0.917. The van der Waals surface area contributed by atoms with Crippen molar-refractivity contribution >= 4 is 11.6 Å². The Morgan fingerprint density at radius 1 is 1.12 bits per heavy atom. The first-order chi connectivity index (χ1) is 11.7. The summed E-state index contributed by atoms with van der Waals surface area (Å²) >= 11 is 0. The Morgan fingerprint density at radius 3 is 2.54 bits per heavy atom. The molecule has 0 saturated heterocycles. The van der Waals surface area contributed by atoms with Gasteiger partial charge in [-0.25, -0.2) is 14.6 Å². The van der Waals surface area contributed by atoms with Crippen molar-refractivity contribution in [1.82, 2.24) is 19.7 Å². The molecule has 0 aliphatic rings. The molecular formula is C16H15N5O3. The van der Waals surface area contributed by atoms with E-state index < -0.39 is 0 Å². The largest absolute Gasteiger partial charge is 0.493 e.